The Bertz CT molecular complexity index is 1580. The third-order valence-electron chi connectivity index (χ3n) is 7.11. The van der Waals surface area contributed by atoms with Gasteiger partial charge in [-0.15, -0.1) is 11.8 Å². The number of rotatable bonds is 12. The first-order valence-electron chi connectivity index (χ1n) is 14.3. The number of carbonyl (C=O) groups excluding carboxylic acids is 1. The van der Waals surface area contributed by atoms with Crippen molar-refractivity contribution in [3.63, 3.8) is 0 Å². The molecule has 0 bridgehead atoms. The number of aliphatic hydroxyl groups excluding tert-OH is 1. The van der Waals surface area contributed by atoms with Crippen LogP contribution >= 0.6 is 11.8 Å². The summed E-state index contributed by atoms with van der Waals surface area (Å²) >= 11 is 1.07. The number of hydrogen-bond donors (Lipinski definition) is 3. The van der Waals surface area contributed by atoms with E-state index in [0.717, 1.165) is 28.7 Å². The van der Waals surface area contributed by atoms with Crippen LogP contribution in [0.3, 0.4) is 0 Å². The number of amides is 1. The van der Waals surface area contributed by atoms with Gasteiger partial charge in [-0.3, -0.25) is 9.59 Å². The zero-order valence-electron chi connectivity index (χ0n) is 24.3. The van der Waals surface area contributed by atoms with Crippen LogP contribution in [-0.4, -0.2) is 95.7 Å². The fourth-order valence-electron chi connectivity index (χ4n) is 4.78. The first-order chi connectivity index (χ1) is 21.4. The first-order valence-corrected chi connectivity index (χ1v) is 15.4. The summed E-state index contributed by atoms with van der Waals surface area (Å²) in [6.45, 7) is 4.23. The van der Waals surface area contributed by atoms with Crippen LogP contribution in [0.25, 0.3) is 11.5 Å². The van der Waals surface area contributed by atoms with Gasteiger partial charge in [0.1, 0.15) is 28.4 Å². The Hall–Kier alpha value is -4.62. The van der Waals surface area contributed by atoms with Crippen LogP contribution in [-0.2, 0) is 16.0 Å². The number of benzene rings is 1. The molecular formula is C31H34N8O4S. The number of anilines is 3. The second-order valence-electron chi connectivity index (χ2n) is 10.3. The molecule has 1 amide bonds. The minimum atomic E-state index is -1.01. The maximum Gasteiger partial charge on any atom is 0.316 e. The van der Waals surface area contributed by atoms with E-state index in [9.17, 15) is 14.7 Å². The zero-order valence-corrected chi connectivity index (χ0v) is 25.2. The van der Waals surface area contributed by atoms with Crippen LogP contribution in [0.1, 0.15) is 23.5 Å². The van der Waals surface area contributed by atoms with E-state index in [2.05, 4.69) is 59.4 Å². The predicted octanol–water partition coefficient (Wildman–Crippen LogP) is 3.19. The number of nitrogens with one attached hydrogen (secondary N) is 1. The van der Waals surface area contributed by atoms with Gasteiger partial charge in [-0.25, -0.2) is 24.9 Å². The van der Waals surface area contributed by atoms with Crippen molar-refractivity contribution in [3.8, 4) is 11.5 Å². The van der Waals surface area contributed by atoms with Crippen LogP contribution in [0.5, 0.6) is 0 Å². The topological polar surface area (TPSA) is 158 Å². The number of carboxylic acids is 1. The standard InChI is InChI=1S/C31H34N8O4S/c1-21-3-2-4-24(34-21)30-33-13-10-27(37-30)35-26-9-12-32-28(36-26)19-22-5-7-23(8-6-22)38-14-16-39(17-15-38)29(41)20-44-25(11-18-40)31(42)43/h2-10,12-13,25,40H,11,14-20H2,1H3,(H,42,43)(H,32,33,35,36,37). The molecular weight excluding hydrogens is 580 g/mol. The van der Waals surface area contributed by atoms with Crippen LogP contribution in [0.15, 0.2) is 67.0 Å². The number of hydrogen-bond acceptors (Lipinski definition) is 11. The van der Waals surface area contributed by atoms with Crippen molar-refractivity contribution < 1.29 is 19.8 Å². The number of carboxylic acid groups (broad SMARTS) is 1. The van der Waals surface area contributed by atoms with Gasteiger partial charge in [0.05, 0.1) is 5.75 Å². The van der Waals surface area contributed by atoms with E-state index in [-0.39, 0.29) is 24.7 Å². The molecule has 0 aliphatic carbocycles. The van der Waals surface area contributed by atoms with Gasteiger partial charge in [0.15, 0.2) is 5.82 Å². The molecule has 3 aromatic heterocycles. The molecule has 0 radical (unpaired) electrons. The van der Waals surface area contributed by atoms with E-state index in [0.29, 0.717) is 61.6 Å². The average molecular weight is 615 g/mol. The van der Waals surface area contributed by atoms with Crippen molar-refractivity contribution in [2.24, 2.45) is 0 Å². The van der Waals surface area contributed by atoms with E-state index in [4.69, 9.17) is 5.11 Å². The van der Waals surface area contributed by atoms with E-state index in [1.54, 1.807) is 29.4 Å². The summed E-state index contributed by atoms with van der Waals surface area (Å²) in [5.41, 5.74) is 3.74. The molecule has 1 aliphatic heterocycles. The molecule has 1 aliphatic rings. The molecule has 3 N–H and O–H groups in total. The van der Waals surface area contributed by atoms with Crippen molar-refractivity contribution in [2.75, 3.05) is 48.8 Å². The molecule has 5 rings (SSSR count). The van der Waals surface area contributed by atoms with Crippen LogP contribution in [0.2, 0.25) is 0 Å². The number of aliphatic carboxylic acids is 1. The van der Waals surface area contributed by atoms with Gasteiger partial charge in [0.2, 0.25) is 5.91 Å². The monoisotopic (exact) mass is 614 g/mol. The van der Waals surface area contributed by atoms with Crippen LogP contribution in [0.4, 0.5) is 17.3 Å². The molecule has 1 saturated heterocycles. The summed E-state index contributed by atoms with van der Waals surface area (Å²) < 4.78 is 0. The minimum absolute atomic E-state index is 0.0747. The highest BCUT2D eigenvalue weighted by molar-refractivity contribution is 8.01. The lowest BCUT2D eigenvalue weighted by atomic mass is 10.1. The SMILES string of the molecule is Cc1cccc(-c2nccc(Nc3ccnc(Cc4ccc(N5CCN(C(=O)CSC(CCO)C(=O)O)CC5)cc4)n3)n2)n1. The summed E-state index contributed by atoms with van der Waals surface area (Å²) in [5, 5.41) is 20.7. The Balaban J connectivity index is 1.13. The van der Waals surface area contributed by atoms with Crippen molar-refractivity contribution in [1.29, 1.82) is 0 Å². The van der Waals surface area contributed by atoms with Gasteiger partial charge in [-0.05, 0) is 55.3 Å². The number of aryl methyl sites for hydroxylation is 1. The lowest BCUT2D eigenvalue weighted by Gasteiger charge is -2.36. The molecule has 1 unspecified atom stereocenters. The molecule has 0 spiro atoms. The Morgan fingerprint density at radius 2 is 1.66 bits per heavy atom. The second kappa shape index (κ2) is 14.7. The largest absolute Gasteiger partial charge is 0.480 e. The molecule has 1 aromatic carbocycles. The maximum atomic E-state index is 12.6. The highest BCUT2D eigenvalue weighted by atomic mass is 32.2. The fourth-order valence-corrected chi connectivity index (χ4v) is 5.73. The first kappa shape index (κ1) is 30.8. The van der Waals surface area contributed by atoms with Gasteiger partial charge in [0, 0.05) is 63.0 Å². The number of aromatic nitrogens is 5. The molecule has 13 heteroatoms. The summed E-state index contributed by atoms with van der Waals surface area (Å²) in [4.78, 5) is 50.4. The van der Waals surface area contributed by atoms with Crippen molar-refractivity contribution in [1.82, 2.24) is 29.8 Å². The van der Waals surface area contributed by atoms with E-state index < -0.39 is 11.2 Å². The van der Waals surface area contributed by atoms with E-state index in [1.165, 1.54) is 0 Å². The highest BCUT2D eigenvalue weighted by Crippen LogP contribution is 2.21. The second-order valence-corrected chi connectivity index (χ2v) is 11.5. The summed E-state index contributed by atoms with van der Waals surface area (Å²) in [6, 6.07) is 17.6. The number of thioether (sulfide) groups is 1. The Morgan fingerprint density at radius 3 is 2.36 bits per heavy atom. The molecule has 228 valence electrons. The van der Waals surface area contributed by atoms with Crippen molar-refractivity contribution in [3.05, 3.63) is 84.1 Å². The maximum absolute atomic E-state index is 12.6. The van der Waals surface area contributed by atoms with E-state index >= 15 is 0 Å². The lowest BCUT2D eigenvalue weighted by Crippen LogP contribution is -2.49. The summed E-state index contributed by atoms with van der Waals surface area (Å²) in [6.07, 6.45) is 4.09. The third kappa shape index (κ3) is 8.26. The van der Waals surface area contributed by atoms with Gasteiger partial charge >= 0.3 is 5.97 Å². The molecule has 44 heavy (non-hydrogen) atoms. The predicted molar refractivity (Wildman–Crippen MR) is 169 cm³/mol. The zero-order chi connectivity index (χ0) is 30.9. The van der Waals surface area contributed by atoms with Crippen molar-refractivity contribution >= 4 is 41.0 Å². The number of aliphatic hydroxyl groups is 1. The van der Waals surface area contributed by atoms with E-state index in [1.807, 2.05) is 25.1 Å². The quantitative estimate of drug-likeness (QED) is 0.214. The molecule has 4 heterocycles. The summed E-state index contributed by atoms with van der Waals surface area (Å²) in [7, 11) is 0. The highest BCUT2D eigenvalue weighted by Gasteiger charge is 2.24. The molecule has 0 saturated carbocycles. The normalized spacial score (nSPS) is 13.9. The minimum Gasteiger partial charge on any atom is -0.480 e. The molecule has 1 fully saturated rings. The average Bonchev–Trinajstić information content (AvgIpc) is 3.03. The lowest BCUT2D eigenvalue weighted by molar-refractivity contribution is -0.136. The number of nitrogens with zero attached hydrogens (tertiary/aromatic N) is 7. The number of pyridine rings is 1. The summed E-state index contributed by atoms with van der Waals surface area (Å²) in [5.74, 6) is 1.46. The Kier molecular flexibility index (Phi) is 10.3. The fraction of sp³-hybridized carbons (Fsp3) is 0.323. The smallest absolute Gasteiger partial charge is 0.316 e. The van der Waals surface area contributed by atoms with Crippen LogP contribution < -0.4 is 10.2 Å². The molecule has 1 atom stereocenters. The molecule has 4 aromatic rings. The Morgan fingerprint density at radius 1 is 0.932 bits per heavy atom. The number of piperazine rings is 1. The molecule has 12 nitrogen and oxygen atoms in total. The van der Waals surface area contributed by atoms with Crippen molar-refractivity contribution in [2.45, 2.75) is 25.0 Å². The van der Waals surface area contributed by atoms with Gasteiger partial charge in [-0.2, -0.15) is 0 Å². The number of carbonyl (C=O) groups is 2. The van der Waals surface area contributed by atoms with Gasteiger partial charge in [-0.1, -0.05) is 18.2 Å². The van der Waals surface area contributed by atoms with Gasteiger partial charge in [0.25, 0.3) is 0 Å². The Labute approximate surface area is 259 Å². The van der Waals surface area contributed by atoms with Gasteiger partial charge < -0.3 is 25.3 Å². The third-order valence-corrected chi connectivity index (χ3v) is 8.36. The van der Waals surface area contributed by atoms with Crippen LogP contribution in [0, 0.1) is 6.92 Å².